The van der Waals surface area contributed by atoms with E-state index in [-0.39, 0.29) is 18.4 Å². The second-order valence-corrected chi connectivity index (χ2v) is 6.64. The Bertz CT molecular complexity index is 712. The highest BCUT2D eigenvalue weighted by Gasteiger charge is 2.15. The molecule has 2 aromatic rings. The van der Waals surface area contributed by atoms with E-state index in [1.807, 2.05) is 56.3 Å². The third-order valence-electron chi connectivity index (χ3n) is 3.75. The monoisotopic (exact) mass is 354 g/mol. The maximum Gasteiger partial charge on any atom is 0.243 e. The zero-order valence-electron chi connectivity index (χ0n) is 15.6. The van der Waals surface area contributed by atoms with Gasteiger partial charge in [-0.05, 0) is 35.7 Å². The van der Waals surface area contributed by atoms with Gasteiger partial charge in [0.1, 0.15) is 12.4 Å². The highest BCUT2D eigenvalue weighted by molar-refractivity contribution is 5.94. The molecule has 0 spiro atoms. The van der Waals surface area contributed by atoms with E-state index in [1.54, 1.807) is 17.0 Å². The summed E-state index contributed by atoms with van der Waals surface area (Å²) in [5.74, 6) is 0.738. The second kappa shape index (κ2) is 9.61. The van der Waals surface area contributed by atoms with E-state index >= 15 is 0 Å². The molecule has 2 aromatic carbocycles. The van der Waals surface area contributed by atoms with Crippen LogP contribution in [0.5, 0.6) is 5.75 Å². The van der Waals surface area contributed by atoms with Crippen LogP contribution in [0.25, 0.3) is 0 Å². The fraction of sp³-hybridized carbons (Fsp3) is 0.333. The Morgan fingerprint density at radius 2 is 1.69 bits per heavy atom. The molecule has 0 aliphatic rings. The largest absolute Gasteiger partial charge is 0.489 e. The summed E-state index contributed by atoms with van der Waals surface area (Å²) in [5.41, 5.74) is 1.77. The molecule has 0 aromatic heterocycles. The molecule has 0 fully saturated rings. The first-order chi connectivity index (χ1) is 12.4. The number of hydrogen-bond donors (Lipinski definition) is 1. The lowest BCUT2D eigenvalue weighted by Crippen LogP contribution is -2.38. The topological polar surface area (TPSA) is 58.6 Å². The Hall–Kier alpha value is -2.82. The van der Waals surface area contributed by atoms with Gasteiger partial charge in [0.15, 0.2) is 0 Å². The van der Waals surface area contributed by atoms with Crippen molar-refractivity contribution in [2.24, 2.45) is 5.92 Å². The van der Waals surface area contributed by atoms with Gasteiger partial charge in [-0.3, -0.25) is 9.59 Å². The Morgan fingerprint density at radius 1 is 1.04 bits per heavy atom. The van der Waals surface area contributed by atoms with Gasteiger partial charge in [0.25, 0.3) is 0 Å². The van der Waals surface area contributed by atoms with Crippen molar-refractivity contribution < 1.29 is 14.3 Å². The average molecular weight is 354 g/mol. The van der Waals surface area contributed by atoms with Crippen molar-refractivity contribution >= 4 is 17.5 Å². The molecular formula is C21H26N2O3. The molecule has 5 nitrogen and oxygen atoms in total. The van der Waals surface area contributed by atoms with Crippen LogP contribution >= 0.6 is 0 Å². The molecular weight excluding hydrogens is 328 g/mol. The van der Waals surface area contributed by atoms with Gasteiger partial charge in [-0.1, -0.05) is 44.2 Å². The summed E-state index contributed by atoms with van der Waals surface area (Å²) in [4.78, 5) is 25.4. The lowest BCUT2D eigenvalue weighted by atomic mass is 10.2. The summed E-state index contributed by atoms with van der Waals surface area (Å²) in [6, 6.07) is 17.1. The molecule has 0 aliphatic heterocycles. The van der Waals surface area contributed by atoms with Crippen LogP contribution in [0.1, 0.15) is 26.3 Å². The summed E-state index contributed by atoms with van der Waals surface area (Å²) < 4.78 is 5.73. The third kappa shape index (κ3) is 6.59. The first kappa shape index (κ1) is 19.5. The number of nitrogens with zero attached hydrogens (tertiary/aromatic N) is 1. The number of carbonyl (C=O) groups is 2. The van der Waals surface area contributed by atoms with Crippen LogP contribution in [-0.2, 0) is 16.2 Å². The molecule has 2 rings (SSSR count). The van der Waals surface area contributed by atoms with Crippen molar-refractivity contribution in [3.63, 3.8) is 0 Å². The van der Waals surface area contributed by atoms with Crippen molar-refractivity contribution in [3.8, 4) is 5.75 Å². The van der Waals surface area contributed by atoms with Crippen molar-refractivity contribution in [2.45, 2.75) is 27.4 Å². The summed E-state index contributed by atoms with van der Waals surface area (Å²) in [6.45, 7) is 6.63. The van der Waals surface area contributed by atoms with Crippen LogP contribution in [0, 0.1) is 5.92 Å². The van der Waals surface area contributed by atoms with Crippen LogP contribution in [0.15, 0.2) is 54.6 Å². The van der Waals surface area contributed by atoms with Crippen LogP contribution in [-0.4, -0.2) is 29.8 Å². The second-order valence-electron chi connectivity index (χ2n) is 6.64. The van der Waals surface area contributed by atoms with E-state index in [2.05, 4.69) is 5.32 Å². The van der Waals surface area contributed by atoms with Crippen molar-refractivity contribution in [3.05, 3.63) is 60.2 Å². The van der Waals surface area contributed by atoms with E-state index in [1.165, 1.54) is 6.92 Å². The Balaban J connectivity index is 1.85. The molecule has 5 heteroatoms. The molecule has 0 unspecified atom stereocenters. The van der Waals surface area contributed by atoms with Crippen LogP contribution < -0.4 is 10.1 Å². The molecule has 0 heterocycles. The zero-order chi connectivity index (χ0) is 18.9. The smallest absolute Gasteiger partial charge is 0.243 e. The van der Waals surface area contributed by atoms with E-state index in [9.17, 15) is 9.59 Å². The fourth-order valence-corrected chi connectivity index (χ4v) is 2.49. The molecule has 1 N–H and O–H groups in total. The first-order valence-electron chi connectivity index (χ1n) is 8.76. The van der Waals surface area contributed by atoms with Gasteiger partial charge < -0.3 is 15.0 Å². The first-order valence-corrected chi connectivity index (χ1v) is 8.76. The predicted octanol–water partition coefficient (Wildman–Crippen LogP) is 3.71. The normalized spacial score (nSPS) is 10.5. The van der Waals surface area contributed by atoms with Gasteiger partial charge in [-0.25, -0.2) is 0 Å². The van der Waals surface area contributed by atoms with Crippen molar-refractivity contribution in [2.75, 3.05) is 18.4 Å². The minimum absolute atomic E-state index is 0.0553. The third-order valence-corrected chi connectivity index (χ3v) is 3.75. The fourth-order valence-electron chi connectivity index (χ4n) is 2.49. The summed E-state index contributed by atoms with van der Waals surface area (Å²) in [5, 5.41) is 2.81. The molecule has 0 saturated heterocycles. The number of ether oxygens (including phenoxy) is 1. The molecule has 0 radical (unpaired) electrons. The minimum atomic E-state index is -0.209. The van der Waals surface area contributed by atoms with Crippen molar-refractivity contribution in [1.29, 1.82) is 0 Å². The number of benzene rings is 2. The SMILES string of the molecule is CC(=O)N(CC(=O)Nc1ccc(OCc2ccccc2)cc1)CC(C)C. The van der Waals surface area contributed by atoms with E-state index in [0.29, 0.717) is 24.8 Å². The van der Waals surface area contributed by atoms with Gasteiger partial charge in [0.05, 0.1) is 6.54 Å². The molecule has 2 amide bonds. The molecule has 0 saturated carbocycles. The van der Waals surface area contributed by atoms with Gasteiger partial charge in [0, 0.05) is 19.2 Å². The van der Waals surface area contributed by atoms with E-state index < -0.39 is 0 Å². The van der Waals surface area contributed by atoms with Gasteiger partial charge >= 0.3 is 0 Å². The average Bonchev–Trinajstić information content (AvgIpc) is 2.61. The quantitative estimate of drug-likeness (QED) is 0.786. The highest BCUT2D eigenvalue weighted by atomic mass is 16.5. The Morgan fingerprint density at radius 3 is 2.27 bits per heavy atom. The maximum absolute atomic E-state index is 12.2. The number of nitrogens with one attached hydrogen (secondary N) is 1. The Kier molecular flexibility index (Phi) is 7.21. The number of amides is 2. The summed E-state index contributed by atoms with van der Waals surface area (Å²) in [7, 11) is 0. The van der Waals surface area contributed by atoms with Crippen LogP contribution in [0.3, 0.4) is 0 Å². The molecule has 26 heavy (non-hydrogen) atoms. The number of anilines is 1. The lowest BCUT2D eigenvalue weighted by molar-refractivity contribution is -0.133. The maximum atomic E-state index is 12.2. The Labute approximate surface area is 155 Å². The van der Waals surface area contributed by atoms with Crippen LogP contribution in [0.4, 0.5) is 5.69 Å². The summed E-state index contributed by atoms with van der Waals surface area (Å²) >= 11 is 0. The molecule has 138 valence electrons. The number of carbonyl (C=O) groups excluding carboxylic acids is 2. The predicted molar refractivity (Wildman–Crippen MR) is 103 cm³/mol. The summed E-state index contributed by atoms with van der Waals surface area (Å²) in [6.07, 6.45) is 0. The minimum Gasteiger partial charge on any atom is -0.489 e. The molecule has 0 atom stereocenters. The number of hydrogen-bond acceptors (Lipinski definition) is 3. The lowest BCUT2D eigenvalue weighted by Gasteiger charge is -2.22. The van der Waals surface area contributed by atoms with Crippen molar-refractivity contribution in [1.82, 2.24) is 4.90 Å². The molecule has 0 aliphatic carbocycles. The van der Waals surface area contributed by atoms with E-state index in [0.717, 1.165) is 11.3 Å². The van der Waals surface area contributed by atoms with E-state index in [4.69, 9.17) is 4.74 Å². The van der Waals surface area contributed by atoms with Gasteiger partial charge in [-0.15, -0.1) is 0 Å². The van der Waals surface area contributed by atoms with Gasteiger partial charge in [-0.2, -0.15) is 0 Å². The molecule has 0 bridgehead atoms. The van der Waals surface area contributed by atoms with Gasteiger partial charge in [0.2, 0.25) is 11.8 Å². The highest BCUT2D eigenvalue weighted by Crippen LogP contribution is 2.17. The van der Waals surface area contributed by atoms with Crippen LogP contribution in [0.2, 0.25) is 0 Å². The number of rotatable bonds is 8. The standard InChI is InChI=1S/C21H26N2O3/c1-16(2)13-23(17(3)24)14-21(25)22-19-9-11-20(12-10-19)26-15-18-7-5-4-6-8-18/h4-12,16H,13-15H2,1-3H3,(H,22,25). The zero-order valence-corrected chi connectivity index (χ0v) is 15.6.